The molecule has 1 saturated carbocycles. The van der Waals surface area contributed by atoms with E-state index < -0.39 is 47.5 Å². The molecule has 0 radical (unpaired) electrons. The molecule has 1 unspecified atom stereocenters. The first-order valence-electron chi connectivity index (χ1n) is 14.7. The molecule has 238 valence electrons. The van der Waals surface area contributed by atoms with Crippen molar-refractivity contribution in [2.24, 2.45) is 11.7 Å². The molecule has 1 fully saturated rings. The molecule has 12 heteroatoms. The van der Waals surface area contributed by atoms with Crippen molar-refractivity contribution in [2.75, 3.05) is 26.0 Å². The van der Waals surface area contributed by atoms with Crippen molar-refractivity contribution >= 4 is 52.7 Å². The molecule has 1 aliphatic carbocycles. The van der Waals surface area contributed by atoms with Gasteiger partial charge in [-0.25, -0.2) is 0 Å². The SMILES string of the molecule is CCOC(=O)CNC(=O)C(=O)C(COCc1ccccc1)NC(=O)[C@@](N)(CC1CCCCC1)C(=O)c1cc(SC)ccc1Cl. The maximum absolute atomic E-state index is 14.1. The van der Waals surface area contributed by atoms with Gasteiger partial charge < -0.3 is 25.8 Å². The molecule has 0 aromatic heterocycles. The molecule has 44 heavy (non-hydrogen) atoms. The third-order valence-corrected chi connectivity index (χ3v) is 8.56. The molecule has 0 heterocycles. The molecule has 0 saturated heterocycles. The van der Waals surface area contributed by atoms with Crippen molar-refractivity contribution in [3.63, 3.8) is 0 Å². The van der Waals surface area contributed by atoms with Crippen LogP contribution in [-0.2, 0) is 35.3 Å². The minimum Gasteiger partial charge on any atom is -0.465 e. The van der Waals surface area contributed by atoms with E-state index in [1.807, 2.05) is 36.6 Å². The number of rotatable bonds is 16. The average Bonchev–Trinajstić information content (AvgIpc) is 3.03. The van der Waals surface area contributed by atoms with Crippen LogP contribution in [0.25, 0.3) is 0 Å². The third-order valence-electron chi connectivity index (χ3n) is 7.50. The molecule has 3 rings (SSSR count). The second-order valence-corrected chi connectivity index (χ2v) is 12.0. The number of Topliss-reactive ketones (excluding diaryl/α,β-unsaturated/α-hetero) is 2. The van der Waals surface area contributed by atoms with E-state index >= 15 is 0 Å². The Morgan fingerprint density at radius 3 is 2.43 bits per heavy atom. The lowest BCUT2D eigenvalue weighted by Crippen LogP contribution is -2.64. The molecule has 10 nitrogen and oxygen atoms in total. The first kappa shape index (κ1) is 35.2. The number of halogens is 1. The van der Waals surface area contributed by atoms with Gasteiger partial charge in [-0.3, -0.25) is 24.0 Å². The minimum atomic E-state index is -2.08. The predicted octanol–water partition coefficient (Wildman–Crippen LogP) is 3.86. The van der Waals surface area contributed by atoms with Gasteiger partial charge in [-0.2, -0.15) is 0 Å². The van der Waals surface area contributed by atoms with Gasteiger partial charge in [0.15, 0.2) is 11.3 Å². The summed E-state index contributed by atoms with van der Waals surface area (Å²) in [6.45, 7) is 0.888. The van der Waals surface area contributed by atoms with E-state index in [1.165, 1.54) is 11.8 Å². The van der Waals surface area contributed by atoms with Crippen molar-refractivity contribution in [1.82, 2.24) is 10.6 Å². The number of hydrogen-bond acceptors (Lipinski definition) is 9. The first-order chi connectivity index (χ1) is 21.1. The van der Waals surface area contributed by atoms with E-state index in [4.69, 9.17) is 26.8 Å². The molecule has 1 aliphatic rings. The Morgan fingerprint density at radius 1 is 1.07 bits per heavy atom. The highest BCUT2D eigenvalue weighted by Gasteiger charge is 2.46. The summed E-state index contributed by atoms with van der Waals surface area (Å²) >= 11 is 7.83. The zero-order valence-corrected chi connectivity index (χ0v) is 26.6. The van der Waals surface area contributed by atoms with E-state index in [-0.39, 0.29) is 42.7 Å². The van der Waals surface area contributed by atoms with Crippen LogP contribution in [0, 0.1) is 5.92 Å². The maximum Gasteiger partial charge on any atom is 0.325 e. The monoisotopic (exact) mass is 645 g/mol. The molecule has 4 N–H and O–H groups in total. The van der Waals surface area contributed by atoms with Crippen LogP contribution in [0.15, 0.2) is 53.4 Å². The van der Waals surface area contributed by atoms with Crippen LogP contribution in [0.5, 0.6) is 0 Å². The minimum absolute atomic E-state index is 0.00215. The smallest absolute Gasteiger partial charge is 0.325 e. The number of thioether (sulfide) groups is 1. The fourth-order valence-electron chi connectivity index (χ4n) is 5.13. The van der Waals surface area contributed by atoms with Crippen LogP contribution >= 0.6 is 23.4 Å². The number of benzene rings is 2. The van der Waals surface area contributed by atoms with E-state index in [0.29, 0.717) is 0 Å². The normalized spacial score (nSPS) is 15.5. The fraction of sp³-hybridized carbons (Fsp3) is 0.469. The zero-order chi connectivity index (χ0) is 32.1. The molecular weight excluding hydrogens is 606 g/mol. The van der Waals surface area contributed by atoms with E-state index in [1.54, 1.807) is 25.1 Å². The van der Waals surface area contributed by atoms with Crippen molar-refractivity contribution in [1.29, 1.82) is 0 Å². The highest BCUT2D eigenvalue weighted by molar-refractivity contribution is 7.98. The summed E-state index contributed by atoms with van der Waals surface area (Å²) in [5.74, 6) is -4.50. The van der Waals surface area contributed by atoms with Gasteiger partial charge in [-0.1, -0.05) is 74.0 Å². The lowest BCUT2D eigenvalue weighted by atomic mass is 9.76. The summed E-state index contributed by atoms with van der Waals surface area (Å²) in [6, 6.07) is 12.6. The van der Waals surface area contributed by atoms with Gasteiger partial charge in [-0.15, -0.1) is 11.8 Å². The van der Waals surface area contributed by atoms with Crippen LogP contribution in [0.1, 0.15) is 61.4 Å². The molecule has 2 aromatic carbocycles. The number of hydrogen-bond donors (Lipinski definition) is 3. The van der Waals surface area contributed by atoms with Gasteiger partial charge in [0.05, 0.1) is 24.8 Å². The highest BCUT2D eigenvalue weighted by Crippen LogP contribution is 2.33. The van der Waals surface area contributed by atoms with E-state index in [2.05, 4.69) is 10.6 Å². The standard InChI is InChI=1S/C32H40ClN3O7S/c1-3-43-27(37)18-35-30(40)28(38)26(20-42-19-22-12-8-5-9-13-22)36-31(41)32(34,17-21-10-6-4-7-11-21)29(39)24-16-23(44-2)14-15-25(24)33/h5,8-9,12-16,21,26H,3-4,6-7,10-11,17-20,34H2,1-2H3,(H,35,40)(H,36,41)/t26?,32-/m1/s1. The second kappa shape index (κ2) is 17.3. The van der Waals surface area contributed by atoms with Gasteiger partial charge in [0.2, 0.25) is 11.7 Å². The summed E-state index contributed by atoms with van der Waals surface area (Å²) in [6.07, 6.45) is 6.46. The van der Waals surface area contributed by atoms with Crippen molar-refractivity contribution in [2.45, 2.75) is 68.5 Å². The Hall–Kier alpha value is -3.25. The van der Waals surface area contributed by atoms with Gasteiger partial charge in [0.1, 0.15) is 12.6 Å². The lowest BCUT2D eigenvalue weighted by Gasteiger charge is -2.34. The highest BCUT2D eigenvalue weighted by atomic mass is 35.5. The summed E-state index contributed by atoms with van der Waals surface area (Å²) in [7, 11) is 0. The van der Waals surface area contributed by atoms with Crippen LogP contribution in [-0.4, -0.2) is 66.9 Å². The Bertz CT molecular complexity index is 1320. The third kappa shape index (κ3) is 9.88. The van der Waals surface area contributed by atoms with Gasteiger partial charge in [0.25, 0.3) is 5.91 Å². The molecule has 0 bridgehead atoms. The van der Waals surface area contributed by atoms with Crippen molar-refractivity contribution < 1.29 is 33.4 Å². The molecular formula is C32H40ClN3O7S. The number of esters is 1. The average molecular weight is 646 g/mol. The number of carbonyl (C=O) groups is 5. The molecule has 2 amide bonds. The van der Waals surface area contributed by atoms with Crippen LogP contribution < -0.4 is 16.4 Å². The second-order valence-electron chi connectivity index (χ2n) is 10.7. The number of ketones is 2. The Balaban J connectivity index is 1.89. The van der Waals surface area contributed by atoms with Crippen molar-refractivity contribution in [3.8, 4) is 0 Å². The van der Waals surface area contributed by atoms with Gasteiger partial charge >= 0.3 is 5.97 Å². The first-order valence-corrected chi connectivity index (χ1v) is 16.3. The number of nitrogens with one attached hydrogen (secondary N) is 2. The summed E-state index contributed by atoms with van der Waals surface area (Å²) in [5, 5.41) is 4.90. The fourth-order valence-corrected chi connectivity index (χ4v) is 5.77. The molecule has 0 spiro atoms. The molecule has 0 aliphatic heterocycles. The molecule has 2 atom stereocenters. The number of amides is 2. The Kier molecular flexibility index (Phi) is 13.8. The number of ether oxygens (including phenoxy) is 2. The van der Waals surface area contributed by atoms with E-state index in [9.17, 15) is 24.0 Å². The van der Waals surface area contributed by atoms with Crippen LogP contribution in [0.4, 0.5) is 0 Å². The zero-order valence-electron chi connectivity index (χ0n) is 25.1. The van der Waals surface area contributed by atoms with Gasteiger partial charge in [0, 0.05) is 10.5 Å². The Morgan fingerprint density at radius 2 is 1.77 bits per heavy atom. The quantitative estimate of drug-likeness (QED) is 0.0812. The topological polar surface area (TPSA) is 154 Å². The van der Waals surface area contributed by atoms with Gasteiger partial charge in [-0.05, 0) is 49.3 Å². The maximum atomic E-state index is 14.1. The van der Waals surface area contributed by atoms with Crippen LogP contribution in [0.2, 0.25) is 5.02 Å². The molecule has 2 aromatic rings. The van der Waals surface area contributed by atoms with Crippen LogP contribution in [0.3, 0.4) is 0 Å². The summed E-state index contributed by atoms with van der Waals surface area (Å²) < 4.78 is 10.5. The number of carbonyl (C=O) groups excluding carboxylic acids is 5. The van der Waals surface area contributed by atoms with Crippen molar-refractivity contribution in [3.05, 3.63) is 64.7 Å². The van der Waals surface area contributed by atoms with E-state index in [0.717, 1.165) is 42.6 Å². The number of nitrogens with two attached hydrogens (primary N) is 1. The summed E-state index contributed by atoms with van der Waals surface area (Å²) in [4.78, 5) is 66.6. The predicted molar refractivity (Wildman–Crippen MR) is 168 cm³/mol. The largest absolute Gasteiger partial charge is 0.465 e. The Labute approximate surface area is 267 Å². The lowest BCUT2D eigenvalue weighted by molar-refractivity contribution is -0.146. The summed E-state index contributed by atoms with van der Waals surface area (Å²) in [5.41, 5.74) is 5.57.